The number of benzene rings is 1. The number of fused-ring (bicyclic) bond motifs is 1. The van der Waals surface area contributed by atoms with Gasteiger partial charge in [0, 0.05) is 24.6 Å². The molecule has 1 fully saturated rings. The highest BCUT2D eigenvalue weighted by atomic mass is 16.5. The van der Waals surface area contributed by atoms with E-state index in [1.807, 2.05) is 18.2 Å². The molecule has 0 radical (unpaired) electrons. The molecule has 1 aliphatic carbocycles. The molecule has 1 unspecified atom stereocenters. The van der Waals surface area contributed by atoms with Crippen molar-refractivity contribution in [3.63, 3.8) is 0 Å². The minimum Gasteiger partial charge on any atom is -0.493 e. The number of nitrogens with zero attached hydrogens (tertiary/aromatic N) is 2. The highest BCUT2D eigenvalue weighted by Gasteiger charge is 2.27. The number of ether oxygens (including phenoxy) is 1. The molecule has 0 aromatic heterocycles. The van der Waals surface area contributed by atoms with Gasteiger partial charge >= 0.3 is 0 Å². The van der Waals surface area contributed by atoms with E-state index in [4.69, 9.17) is 10.5 Å². The lowest BCUT2D eigenvalue weighted by molar-refractivity contribution is 0.262. The predicted octanol–water partition coefficient (Wildman–Crippen LogP) is 1.90. The zero-order valence-corrected chi connectivity index (χ0v) is 13.3. The highest BCUT2D eigenvalue weighted by molar-refractivity contribution is 5.78. The van der Waals surface area contributed by atoms with Crippen LogP contribution in [0, 0.1) is 0 Å². The van der Waals surface area contributed by atoms with Gasteiger partial charge in [-0.1, -0.05) is 25.1 Å². The number of rotatable bonds is 6. The number of para-hydroxylation sites is 1. The van der Waals surface area contributed by atoms with Crippen LogP contribution in [-0.4, -0.2) is 43.1 Å². The van der Waals surface area contributed by atoms with E-state index in [0.717, 1.165) is 37.8 Å². The molecule has 3 rings (SSSR count). The van der Waals surface area contributed by atoms with Gasteiger partial charge in [-0.15, -0.1) is 0 Å². The Hall–Kier alpha value is -1.75. The van der Waals surface area contributed by atoms with Crippen molar-refractivity contribution >= 4 is 5.96 Å². The van der Waals surface area contributed by atoms with E-state index < -0.39 is 0 Å². The SMILES string of the molecule is CCN(CCN=C(N)NC1CCOc2ccccc21)C1CC1. The molecule has 5 heteroatoms. The summed E-state index contributed by atoms with van der Waals surface area (Å²) < 4.78 is 5.67. The molecule has 22 heavy (non-hydrogen) atoms. The minimum absolute atomic E-state index is 0.194. The van der Waals surface area contributed by atoms with E-state index in [2.05, 4.69) is 28.2 Å². The second-order valence-corrected chi connectivity index (χ2v) is 6.00. The fourth-order valence-corrected chi connectivity index (χ4v) is 3.05. The van der Waals surface area contributed by atoms with Crippen LogP contribution in [0.15, 0.2) is 29.3 Å². The number of guanidine groups is 1. The van der Waals surface area contributed by atoms with Crippen LogP contribution in [0.5, 0.6) is 5.75 Å². The number of hydrogen-bond donors (Lipinski definition) is 2. The maximum absolute atomic E-state index is 6.06. The van der Waals surface area contributed by atoms with Crippen LogP contribution >= 0.6 is 0 Å². The summed E-state index contributed by atoms with van der Waals surface area (Å²) in [5, 5.41) is 3.34. The van der Waals surface area contributed by atoms with Crippen molar-refractivity contribution in [2.75, 3.05) is 26.2 Å². The normalized spacial score (nSPS) is 21.4. The van der Waals surface area contributed by atoms with Gasteiger partial charge < -0.3 is 15.8 Å². The van der Waals surface area contributed by atoms with Gasteiger partial charge in [0.25, 0.3) is 0 Å². The first kappa shape index (κ1) is 15.2. The average molecular weight is 302 g/mol. The van der Waals surface area contributed by atoms with Crippen molar-refractivity contribution < 1.29 is 4.74 Å². The Kier molecular flexibility index (Phi) is 4.83. The largest absolute Gasteiger partial charge is 0.493 e. The number of nitrogens with two attached hydrogens (primary N) is 1. The number of nitrogens with one attached hydrogen (secondary N) is 1. The lowest BCUT2D eigenvalue weighted by Crippen LogP contribution is -2.38. The molecule has 0 bridgehead atoms. The first-order valence-corrected chi connectivity index (χ1v) is 8.30. The molecule has 1 heterocycles. The van der Waals surface area contributed by atoms with Crippen molar-refractivity contribution in [2.45, 2.75) is 38.3 Å². The Morgan fingerprint density at radius 3 is 2.95 bits per heavy atom. The molecular weight excluding hydrogens is 276 g/mol. The molecule has 2 aliphatic rings. The van der Waals surface area contributed by atoms with E-state index in [1.54, 1.807) is 0 Å². The maximum atomic E-state index is 6.06. The summed E-state index contributed by atoms with van der Waals surface area (Å²) in [6, 6.07) is 9.10. The van der Waals surface area contributed by atoms with Crippen LogP contribution in [0.25, 0.3) is 0 Å². The smallest absolute Gasteiger partial charge is 0.189 e. The third kappa shape index (κ3) is 3.71. The van der Waals surface area contributed by atoms with Crippen LogP contribution in [0.3, 0.4) is 0 Å². The van der Waals surface area contributed by atoms with E-state index >= 15 is 0 Å². The lowest BCUT2D eigenvalue weighted by Gasteiger charge is -2.27. The Balaban J connectivity index is 1.53. The van der Waals surface area contributed by atoms with Gasteiger partial charge in [0.2, 0.25) is 0 Å². The molecule has 0 saturated heterocycles. The van der Waals surface area contributed by atoms with Gasteiger partial charge in [0.15, 0.2) is 5.96 Å². The van der Waals surface area contributed by atoms with Crippen LogP contribution in [-0.2, 0) is 0 Å². The van der Waals surface area contributed by atoms with E-state index in [9.17, 15) is 0 Å². The van der Waals surface area contributed by atoms with Gasteiger partial charge in [0.1, 0.15) is 5.75 Å². The van der Waals surface area contributed by atoms with Crippen LogP contribution in [0.1, 0.15) is 37.8 Å². The molecule has 1 aromatic carbocycles. The van der Waals surface area contributed by atoms with Crippen LogP contribution in [0.2, 0.25) is 0 Å². The molecule has 3 N–H and O–H groups in total. The lowest BCUT2D eigenvalue weighted by atomic mass is 10.0. The Morgan fingerprint density at radius 1 is 1.36 bits per heavy atom. The summed E-state index contributed by atoms with van der Waals surface area (Å²) in [5.74, 6) is 1.48. The molecule has 120 valence electrons. The van der Waals surface area contributed by atoms with Crippen molar-refractivity contribution in [2.24, 2.45) is 10.7 Å². The minimum atomic E-state index is 0.194. The van der Waals surface area contributed by atoms with E-state index in [-0.39, 0.29) is 6.04 Å². The van der Waals surface area contributed by atoms with Crippen LogP contribution < -0.4 is 15.8 Å². The molecule has 0 spiro atoms. The fraction of sp³-hybridized carbons (Fsp3) is 0.588. The van der Waals surface area contributed by atoms with Gasteiger partial charge in [-0.2, -0.15) is 0 Å². The number of hydrogen-bond acceptors (Lipinski definition) is 3. The monoisotopic (exact) mass is 302 g/mol. The van der Waals surface area contributed by atoms with Crippen molar-refractivity contribution in [1.82, 2.24) is 10.2 Å². The number of aliphatic imine (C=N–C) groups is 1. The molecular formula is C17H26N4O. The second kappa shape index (κ2) is 7.01. The Morgan fingerprint density at radius 2 is 2.18 bits per heavy atom. The standard InChI is InChI=1S/C17H26N4O/c1-2-21(13-7-8-13)11-10-19-17(18)20-15-9-12-22-16-6-4-3-5-14(15)16/h3-6,13,15H,2,7-12H2,1H3,(H3,18,19,20). The second-order valence-electron chi connectivity index (χ2n) is 6.00. The first-order chi connectivity index (χ1) is 10.8. The third-order valence-corrected chi connectivity index (χ3v) is 4.42. The van der Waals surface area contributed by atoms with Crippen molar-refractivity contribution in [3.8, 4) is 5.75 Å². The molecule has 1 saturated carbocycles. The molecule has 5 nitrogen and oxygen atoms in total. The Labute approximate surface area is 132 Å². The molecule has 1 atom stereocenters. The van der Waals surface area contributed by atoms with E-state index in [1.165, 1.54) is 18.4 Å². The zero-order chi connectivity index (χ0) is 15.4. The quantitative estimate of drug-likeness (QED) is 0.622. The zero-order valence-electron chi connectivity index (χ0n) is 13.3. The summed E-state index contributed by atoms with van der Waals surface area (Å²) in [6.07, 6.45) is 3.59. The average Bonchev–Trinajstić information content (AvgIpc) is 3.37. The van der Waals surface area contributed by atoms with E-state index in [0.29, 0.717) is 12.6 Å². The third-order valence-electron chi connectivity index (χ3n) is 4.42. The van der Waals surface area contributed by atoms with Crippen molar-refractivity contribution in [1.29, 1.82) is 0 Å². The highest BCUT2D eigenvalue weighted by Crippen LogP contribution is 2.31. The summed E-state index contributed by atoms with van der Waals surface area (Å²) >= 11 is 0. The van der Waals surface area contributed by atoms with Gasteiger partial charge in [0.05, 0.1) is 19.2 Å². The van der Waals surface area contributed by atoms with Gasteiger partial charge in [-0.05, 0) is 25.5 Å². The Bertz CT molecular complexity index is 527. The summed E-state index contributed by atoms with van der Waals surface area (Å²) in [4.78, 5) is 6.98. The predicted molar refractivity (Wildman–Crippen MR) is 89.2 cm³/mol. The molecule has 1 aliphatic heterocycles. The first-order valence-electron chi connectivity index (χ1n) is 8.30. The molecule has 0 amide bonds. The van der Waals surface area contributed by atoms with Gasteiger partial charge in [-0.3, -0.25) is 9.89 Å². The summed E-state index contributed by atoms with van der Waals surface area (Å²) in [6.45, 7) is 5.78. The van der Waals surface area contributed by atoms with Gasteiger partial charge in [-0.25, -0.2) is 0 Å². The maximum Gasteiger partial charge on any atom is 0.189 e. The summed E-state index contributed by atoms with van der Waals surface area (Å²) in [7, 11) is 0. The molecule has 1 aromatic rings. The topological polar surface area (TPSA) is 62.9 Å². The summed E-state index contributed by atoms with van der Waals surface area (Å²) in [5.41, 5.74) is 7.23. The number of likely N-dealkylation sites (N-methyl/N-ethyl adjacent to an activating group) is 1. The van der Waals surface area contributed by atoms with Crippen molar-refractivity contribution in [3.05, 3.63) is 29.8 Å². The van der Waals surface area contributed by atoms with Crippen LogP contribution in [0.4, 0.5) is 0 Å². The fourth-order valence-electron chi connectivity index (χ4n) is 3.05.